The molecule has 0 aliphatic carbocycles. The van der Waals surface area contributed by atoms with Gasteiger partial charge in [0.2, 0.25) is 0 Å². The van der Waals surface area contributed by atoms with Crippen LogP contribution in [0.1, 0.15) is 21.5 Å². The third kappa shape index (κ3) is 5.84. The third-order valence-corrected chi connectivity index (χ3v) is 6.39. The van der Waals surface area contributed by atoms with Gasteiger partial charge in [-0.15, -0.1) is 0 Å². The van der Waals surface area contributed by atoms with Crippen molar-refractivity contribution in [1.82, 2.24) is 9.80 Å². The first-order valence-corrected chi connectivity index (χ1v) is 10.5. The second-order valence-electron chi connectivity index (χ2n) is 7.03. The van der Waals surface area contributed by atoms with Crippen molar-refractivity contribution in [3.8, 4) is 0 Å². The number of hydrogen-bond acceptors (Lipinski definition) is 3. The molecule has 0 aromatic heterocycles. The summed E-state index contributed by atoms with van der Waals surface area (Å²) in [5.41, 5.74) is -0.0794. The number of nitrogens with zero attached hydrogens (tertiary/aromatic N) is 2. The summed E-state index contributed by atoms with van der Waals surface area (Å²) >= 11 is 7.94. The van der Waals surface area contributed by atoms with Gasteiger partial charge in [-0.2, -0.15) is 13.2 Å². The fourth-order valence-corrected chi connectivity index (χ4v) is 3.78. The van der Waals surface area contributed by atoms with Crippen LogP contribution in [-0.4, -0.2) is 48.9 Å². The van der Waals surface area contributed by atoms with E-state index in [4.69, 9.17) is 11.6 Å². The number of anilines is 1. The molecule has 0 spiro atoms. The van der Waals surface area contributed by atoms with Crippen LogP contribution in [0.4, 0.5) is 18.9 Å². The van der Waals surface area contributed by atoms with E-state index in [-0.39, 0.29) is 17.8 Å². The third-order valence-electron chi connectivity index (χ3n) is 4.84. The van der Waals surface area contributed by atoms with Gasteiger partial charge in [-0.05, 0) is 65.5 Å². The number of benzene rings is 2. The van der Waals surface area contributed by atoms with Crippen LogP contribution in [-0.2, 0) is 12.7 Å². The monoisotopic (exact) mass is 537 g/mol. The van der Waals surface area contributed by atoms with Crippen molar-refractivity contribution in [2.45, 2.75) is 12.7 Å². The van der Waals surface area contributed by atoms with E-state index in [1.807, 2.05) is 34.5 Å². The summed E-state index contributed by atoms with van der Waals surface area (Å²) in [6, 6.07) is 8.67. The molecule has 0 atom stereocenters. The van der Waals surface area contributed by atoms with Gasteiger partial charge in [0.05, 0.1) is 10.6 Å². The highest BCUT2D eigenvalue weighted by Gasteiger charge is 2.34. The van der Waals surface area contributed by atoms with Crippen molar-refractivity contribution in [3.05, 3.63) is 61.7 Å². The molecular weight excluding hydrogens is 518 g/mol. The summed E-state index contributed by atoms with van der Waals surface area (Å²) in [5.74, 6) is -0.487. The van der Waals surface area contributed by atoms with Gasteiger partial charge in [-0.3, -0.25) is 9.69 Å². The molecule has 2 aromatic carbocycles. The molecule has 29 heavy (non-hydrogen) atoms. The number of nitrogens with one attached hydrogen (secondary N) is 1. The first kappa shape index (κ1) is 22.3. The predicted molar refractivity (Wildman–Crippen MR) is 116 cm³/mol. The summed E-state index contributed by atoms with van der Waals surface area (Å²) in [5, 5.41) is 3.06. The zero-order valence-corrected chi connectivity index (χ0v) is 18.6. The first-order chi connectivity index (χ1) is 13.6. The normalized spacial score (nSPS) is 16.1. The number of carbonyl (C=O) groups excluding carboxylic acids is 1. The van der Waals surface area contributed by atoms with Crippen LogP contribution >= 0.6 is 34.2 Å². The van der Waals surface area contributed by atoms with E-state index in [1.54, 1.807) is 12.1 Å². The summed E-state index contributed by atoms with van der Waals surface area (Å²) in [4.78, 5) is 16.6. The molecule has 1 heterocycles. The zero-order valence-electron chi connectivity index (χ0n) is 15.7. The topological polar surface area (TPSA) is 35.6 Å². The van der Waals surface area contributed by atoms with E-state index < -0.39 is 17.6 Å². The number of amides is 1. The standard InChI is InChI=1S/C20H20ClF3IN3O/c1-27-6-8-28(9-7-27)12-14-2-4-15(11-16(14)20(22,23)24)26-19(29)13-3-5-17(21)18(25)10-13/h2-5,10-11H,6-9,12H2,1H3,(H,26,29). The minimum atomic E-state index is -4.50. The van der Waals surface area contributed by atoms with E-state index in [0.29, 0.717) is 14.2 Å². The molecule has 0 unspecified atom stereocenters. The lowest BCUT2D eigenvalue weighted by atomic mass is 10.0. The number of halogens is 5. The summed E-state index contributed by atoms with van der Waals surface area (Å²) < 4.78 is 41.6. The van der Waals surface area contributed by atoms with Gasteiger partial charge in [0, 0.05) is 47.5 Å². The van der Waals surface area contributed by atoms with Crippen LogP contribution in [0.3, 0.4) is 0 Å². The molecule has 1 amide bonds. The maximum atomic E-state index is 13.6. The average Bonchev–Trinajstić information content (AvgIpc) is 2.66. The van der Waals surface area contributed by atoms with Crippen molar-refractivity contribution in [1.29, 1.82) is 0 Å². The Morgan fingerprint density at radius 1 is 1.14 bits per heavy atom. The van der Waals surface area contributed by atoms with Crippen LogP contribution in [0.15, 0.2) is 36.4 Å². The number of hydrogen-bond donors (Lipinski definition) is 1. The number of piperazine rings is 1. The SMILES string of the molecule is CN1CCN(Cc2ccc(NC(=O)c3ccc(Cl)c(I)c3)cc2C(F)(F)F)CC1. The Bertz CT molecular complexity index is 899. The quantitative estimate of drug-likeness (QED) is 0.560. The fraction of sp³-hybridized carbons (Fsp3) is 0.350. The molecule has 4 nitrogen and oxygen atoms in total. The second-order valence-corrected chi connectivity index (χ2v) is 8.60. The van der Waals surface area contributed by atoms with Crippen LogP contribution in [0, 0.1) is 3.57 Å². The number of alkyl halides is 3. The maximum absolute atomic E-state index is 13.6. The Kier molecular flexibility index (Phi) is 7.08. The lowest BCUT2D eigenvalue weighted by molar-refractivity contribution is -0.138. The van der Waals surface area contributed by atoms with E-state index >= 15 is 0 Å². The van der Waals surface area contributed by atoms with Gasteiger partial charge in [0.25, 0.3) is 5.91 Å². The van der Waals surface area contributed by atoms with Gasteiger partial charge < -0.3 is 10.2 Å². The first-order valence-electron chi connectivity index (χ1n) is 9.01. The highest BCUT2D eigenvalue weighted by atomic mass is 127. The highest BCUT2D eigenvalue weighted by molar-refractivity contribution is 14.1. The predicted octanol–water partition coefficient (Wildman–Crippen LogP) is 4.96. The Balaban J connectivity index is 1.79. The second kappa shape index (κ2) is 9.20. The van der Waals surface area contributed by atoms with Gasteiger partial charge >= 0.3 is 6.18 Å². The van der Waals surface area contributed by atoms with Crippen LogP contribution in [0.2, 0.25) is 5.02 Å². The van der Waals surface area contributed by atoms with Crippen molar-refractivity contribution in [2.24, 2.45) is 0 Å². The van der Waals surface area contributed by atoms with Gasteiger partial charge in [-0.1, -0.05) is 17.7 Å². The Labute approximate surface area is 186 Å². The molecule has 156 valence electrons. The number of carbonyl (C=O) groups is 1. The van der Waals surface area contributed by atoms with Crippen LogP contribution in [0.25, 0.3) is 0 Å². The molecule has 0 bridgehead atoms. The Morgan fingerprint density at radius 3 is 2.45 bits per heavy atom. The van der Waals surface area contributed by atoms with Crippen LogP contribution in [0.5, 0.6) is 0 Å². The lowest BCUT2D eigenvalue weighted by Gasteiger charge is -2.33. The maximum Gasteiger partial charge on any atom is 0.416 e. The van der Waals surface area contributed by atoms with E-state index in [1.165, 1.54) is 18.2 Å². The van der Waals surface area contributed by atoms with Crippen molar-refractivity contribution < 1.29 is 18.0 Å². The fourth-order valence-electron chi connectivity index (χ4n) is 3.14. The smallest absolute Gasteiger partial charge is 0.322 e. The molecule has 0 radical (unpaired) electrons. The molecule has 1 fully saturated rings. The average molecular weight is 538 g/mol. The largest absolute Gasteiger partial charge is 0.416 e. The van der Waals surface area contributed by atoms with E-state index in [2.05, 4.69) is 10.2 Å². The molecule has 9 heteroatoms. The van der Waals surface area contributed by atoms with Crippen molar-refractivity contribution in [2.75, 3.05) is 38.5 Å². The lowest BCUT2D eigenvalue weighted by Crippen LogP contribution is -2.44. The van der Waals surface area contributed by atoms with Crippen molar-refractivity contribution in [3.63, 3.8) is 0 Å². The molecule has 1 aliphatic rings. The molecule has 1 saturated heterocycles. The molecule has 1 N–H and O–H groups in total. The van der Waals surface area contributed by atoms with E-state index in [0.717, 1.165) is 32.2 Å². The molecule has 1 aliphatic heterocycles. The summed E-state index contributed by atoms with van der Waals surface area (Å²) in [6.45, 7) is 3.33. The molecule has 0 saturated carbocycles. The number of likely N-dealkylation sites (N-methyl/N-ethyl adjacent to an activating group) is 1. The summed E-state index contributed by atoms with van der Waals surface area (Å²) in [7, 11) is 2.00. The molecule has 3 rings (SSSR count). The zero-order chi connectivity index (χ0) is 21.2. The highest BCUT2D eigenvalue weighted by Crippen LogP contribution is 2.34. The minimum absolute atomic E-state index is 0.106. The van der Waals surface area contributed by atoms with Gasteiger partial charge in [-0.25, -0.2) is 0 Å². The number of rotatable bonds is 4. The molecule has 2 aromatic rings. The minimum Gasteiger partial charge on any atom is -0.322 e. The summed E-state index contributed by atoms with van der Waals surface area (Å²) in [6.07, 6.45) is -4.50. The van der Waals surface area contributed by atoms with Gasteiger partial charge in [0.1, 0.15) is 0 Å². The molecular formula is C20H20ClF3IN3O. The Morgan fingerprint density at radius 2 is 1.83 bits per heavy atom. The van der Waals surface area contributed by atoms with E-state index in [9.17, 15) is 18.0 Å². The van der Waals surface area contributed by atoms with Crippen molar-refractivity contribution >= 4 is 45.8 Å². The van der Waals surface area contributed by atoms with Crippen LogP contribution < -0.4 is 5.32 Å². The Hall–Kier alpha value is -1.36. The van der Waals surface area contributed by atoms with Gasteiger partial charge in [0.15, 0.2) is 0 Å².